The summed E-state index contributed by atoms with van der Waals surface area (Å²) in [7, 11) is -11.7. The van der Waals surface area contributed by atoms with Gasteiger partial charge in [-0.2, -0.15) is 0 Å². The number of aryl methyl sites for hydroxylation is 2. The lowest BCUT2D eigenvalue weighted by atomic mass is 10.2. The van der Waals surface area contributed by atoms with Gasteiger partial charge in [0.25, 0.3) is 0 Å². The van der Waals surface area contributed by atoms with Crippen LogP contribution < -0.4 is 21.2 Å². The van der Waals surface area contributed by atoms with E-state index in [-0.39, 0.29) is 32.1 Å². The predicted molar refractivity (Wildman–Crippen MR) is 214 cm³/mol. The zero-order chi connectivity index (χ0) is 48.0. The summed E-state index contributed by atoms with van der Waals surface area (Å²) >= 11 is 1.72. The standard InChI is InChI=1S/C32H27IS2.2C6HF5O3S/c1-24-10-6-8-14-31(24)35(32-15-9-7-11-25(32)2)30-22-20-29(21-23-30)34-28-18-16-27(17-19-28)33-26-12-4-3-5-13-26;2*7-1-2(8)4(10)6(15(12,13)14)5(11)3(1)9/h3-23H,1-2H3;2*(H,12,13,14)/q+2;;/p-2. The molecule has 0 spiro atoms. The van der Waals surface area contributed by atoms with Gasteiger partial charge in [-0.15, -0.1) is 0 Å². The first-order valence-corrected chi connectivity index (χ1v) is 24.9. The molecule has 21 heteroatoms. The summed E-state index contributed by atoms with van der Waals surface area (Å²) in [5, 5.41) is 0. The first-order chi connectivity index (χ1) is 30.5. The molecule has 7 rings (SSSR count). The van der Waals surface area contributed by atoms with Crippen molar-refractivity contribution in [3.8, 4) is 0 Å². The normalized spacial score (nSPS) is 11.4. The van der Waals surface area contributed by atoms with E-state index in [0.717, 1.165) is 0 Å². The van der Waals surface area contributed by atoms with Gasteiger partial charge in [0.1, 0.15) is 30.0 Å². The molecule has 65 heavy (non-hydrogen) atoms. The maximum atomic E-state index is 12.6. The van der Waals surface area contributed by atoms with Crippen LogP contribution in [-0.4, -0.2) is 25.9 Å². The van der Waals surface area contributed by atoms with Crippen molar-refractivity contribution in [3.63, 3.8) is 0 Å². The van der Waals surface area contributed by atoms with E-state index in [1.54, 1.807) is 0 Å². The van der Waals surface area contributed by atoms with E-state index in [0.29, 0.717) is 0 Å². The van der Waals surface area contributed by atoms with Gasteiger partial charge in [0.15, 0.2) is 68.4 Å². The monoisotopic (exact) mass is 1100 g/mol. The van der Waals surface area contributed by atoms with Gasteiger partial charge in [0.2, 0.25) is 11.6 Å². The summed E-state index contributed by atoms with van der Waals surface area (Å²) in [5.41, 5.74) is 2.69. The van der Waals surface area contributed by atoms with E-state index in [9.17, 15) is 69.8 Å². The Kier molecular flexibility index (Phi) is 17.0. The lowest BCUT2D eigenvalue weighted by Gasteiger charge is -2.12. The Morgan fingerprint density at radius 1 is 0.415 bits per heavy atom. The fraction of sp³-hybridized carbons (Fsp3) is 0.0455. The molecule has 0 radical (unpaired) electrons. The Hall–Kier alpha value is -4.91. The summed E-state index contributed by atoms with van der Waals surface area (Å²) in [6, 6.07) is 46.7. The number of hydrogen-bond donors (Lipinski definition) is 0. The zero-order valence-corrected chi connectivity index (χ0v) is 38.3. The number of halogens is 11. The van der Waals surface area contributed by atoms with Crippen LogP contribution in [0.1, 0.15) is 11.1 Å². The quantitative estimate of drug-likeness (QED) is 0.0358. The lowest BCUT2D eigenvalue weighted by molar-refractivity contribution is -0.597. The molecule has 0 aliphatic heterocycles. The summed E-state index contributed by atoms with van der Waals surface area (Å²) in [6.45, 7) is 4.45. The zero-order valence-electron chi connectivity index (χ0n) is 32.9. The van der Waals surface area contributed by atoms with Gasteiger partial charge < -0.3 is 9.11 Å². The first kappa shape index (κ1) is 51.1. The van der Waals surface area contributed by atoms with Crippen LogP contribution in [0.3, 0.4) is 0 Å². The highest BCUT2D eigenvalue weighted by Crippen LogP contribution is 2.37. The van der Waals surface area contributed by atoms with Gasteiger partial charge >= 0.3 is 21.2 Å². The highest BCUT2D eigenvalue weighted by molar-refractivity contribution is 7.99. The van der Waals surface area contributed by atoms with Gasteiger partial charge in [0.05, 0.1) is 10.9 Å². The average molecular weight is 1100 g/mol. The third kappa shape index (κ3) is 12.3. The first-order valence-electron chi connectivity index (χ1n) is 17.9. The van der Waals surface area contributed by atoms with E-state index in [4.69, 9.17) is 0 Å². The van der Waals surface area contributed by atoms with Crippen LogP contribution in [0.4, 0.5) is 43.9 Å². The molecular weight excluding hydrogens is 1070 g/mol. The molecule has 0 atom stereocenters. The van der Waals surface area contributed by atoms with E-state index >= 15 is 0 Å². The molecule has 0 saturated heterocycles. The largest absolute Gasteiger partial charge is 0.744 e. The smallest absolute Gasteiger partial charge is 0.357 e. The van der Waals surface area contributed by atoms with Gasteiger partial charge in [0, 0.05) is 20.9 Å². The maximum absolute atomic E-state index is 12.6. The van der Waals surface area contributed by atoms with Crippen molar-refractivity contribution in [1.29, 1.82) is 0 Å². The van der Waals surface area contributed by atoms with Crippen LogP contribution in [0, 0.1) is 79.2 Å². The number of hydrogen-bond acceptors (Lipinski definition) is 7. The van der Waals surface area contributed by atoms with E-state index in [2.05, 4.69) is 141 Å². The van der Waals surface area contributed by atoms with Crippen molar-refractivity contribution in [2.75, 3.05) is 0 Å². The van der Waals surface area contributed by atoms with Crippen LogP contribution in [0.5, 0.6) is 0 Å². The number of rotatable bonds is 9. The maximum Gasteiger partial charge on any atom is 0.357 e. The van der Waals surface area contributed by atoms with Gasteiger partial charge in [-0.1, -0.05) is 66.4 Å². The van der Waals surface area contributed by atoms with Crippen LogP contribution >= 0.6 is 11.8 Å². The molecule has 7 aromatic carbocycles. The van der Waals surface area contributed by atoms with Crippen molar-refractivity contribution in [3.05, 3.63) is 204 Å². The summed E-state index contributed by atoms with van der Waals surface area (Å²) in [5.74, 6) is -25.7. The Morgan fingerprint density at radius 3 is 1.08 bits per heavy atom. The van der Waals surface area contributed by atoms with Crippen molar-refractivity contribution < 1.29 is 91.1 Å². The molecule has 0 aromatic heterocycles. The third-order valence-corrected chi connectivity index (χ3v) is 16.5. The fourth-order valence-corrected chi connectivity index (χ4v) is 12.1. The van der Waals surface area contributed by atoms with Crippen molar-refractivity contribution >= 4 is 42.9 Å². The molecular formula is C44H27F10IO6S4. The Morgan fingerprint density at radius 2 is 0.723 bits per heavy atom. The Labute approximate surface area is 383 Å². The molecule has 0 amide bonds. The molecule has 0 aliphatic carbocycles. The molecule has 0 aliphatic rings. The van der Waals surface area contributed by atoms with E-state index < -0.39 is 88.2 Å². The molecule has 0 fully saturated rings. The van der Waals surface area contributed by atoms with Gasteiger partial charge in [-0.25, -0.2) is 60.7 Å². The van der Waals surface area contributed by atoms with E-state index in [1.807, 2.05) is 11.8 Å². The fourth-order valence-electron chi connectivity index (χ4n) is 5.50. The van der Waals surface area contributed by atoms with Crippen LogP contribution in [0.25, 0.3) is 0 Å². The summed E-state index contributed by atoms with van der Waals surface area (Å²) in [6.07, 6.45) is 0. The molecule has 0 heterocycles. The minimum Gasteiger partial charge on any atom is -0.744 e. The minimum atomic E-state index is -5.77. The summed E-state index contributed by atoms with van der Waals surface area (Å²) in [4.78, 5) is 1.98. The Bertz CT molecular complexity index is 2880. The lowest BCUT2D eigenvalue weighted by Crippen LogP contribution is -3.61. The van der Waals surface area contributed by atoms with Crippen molar-refractivity contribution in [1.82, 2.24) is 0 Å². The highest BCUT2D eigenvalue weighted by atomic mass is 127. The minimum absolute atomic E-state index is 0.116. The van der Waals surface area contributed by atoms with Crippen molar-refractivity contribution in [2.45, 2.75) is 48.1 Å². The molecule has 6 nitrogen and oxygen atoms in total. The molecule has 7 aromatic rings. The highest BCUT2D eigenvalue weighted by Gasteiger charge is 2.32. The summed E-state index contributed by atoms with van der Waals surface area (Å²) < 4.78 is 189. The van der Waals surface area contributed by atoms with Gasteiger partial charge in [-0.05, 0) is 86.6 Å². The number of benzene rings is 7. The van der Waals surface area contributed by atoms with Gasteiger partial charge in [-0.3, -0.25) is 0 Å². The van der Waals surface area contributed by atoms with Crippen molar-refractivity contribution in [2.24, 2.45) is 0 Å². The molecule has 0 saturated carbocycles. The predicted octanol–water partition coefficient (Wildman–Crippen LogP) is 8.25. The van der Waals surface area contributed by atoms with E-state index in [1.165, 1.54) is 42.7 Å². The average Bonchev–Trinajstić information content (AvgIpc) is 3.26. The molecule has 0 bridgehead atoms. The topological polar surface area (TPSA) is 114 Å². The molecule has 340 valence electrons. The molecule has 0 N–H and O–H groups in total. The second kappa shape index (κ2) is 21.6. The van der Waals surface area contributed by atoms with Crippen LogP contribution in [-0.2, 0) is 31.1 Å². The Balaban J connectivity index is 0.000000218. The molecule has 0 unspecified atom stereocenters. The second-order valence-electron chi connectivity index (χ2n) is 13.0. The van der Waals surface area contributed by atoms with Crippen LogP contribution in [0.15, 0.2) is 162 Å². The SMILES string of the molecule is Cc1ccccc1[S+](c1ccc(Sc2ccc([I+]c3ccccc3)cc2)cc1)c1ccccc1C.O=S(=O)([O-])c1c(F)c(F)c(F)c(F)c1F.O=S(=O)([O-])c1c(F)c(F)c(F)c(F)c1F. The second-order valence-corrected chi connectivity index (χ2v) is 21.7. The van der Waals surface area contributed by atoms with Crippen LogP contribution in [0.2, 0.25) is 0 Å². The third-order valence-electron chi connectivity index (χ3n) is 8.53.